The molecule has 1 N–H and O–H groups in total. The van der Waals surface area contributed by atoms with Crippen LogP contribution in [0.25, 0.3) is 0 Å². The maximum absolute atomic E-state index is 10.2. The van der Waals surface area contributed by atoms with Crippen LogP contribution in [-0.2, 0) is 43.4 Å². The third kappa shape index (κ3) is 6.51. The molecule has 0 amide bonds. The van der Waals surface area contributed by atoms with Gasteiger partial charge in [0.05, 0.1) is 30.5 Å². The van der Waals surface area contributed by atoms with Crippen molar-refractivity contribution in [2.75, 3.05) is 13.7 Å². The number of ether oxygens (including phenoxy) is 5. The van der Waals surface area contributed by atoms with E-state index in [1.54, 1.807) is 36.4 Å². The topological polar surface area (TPSA) is 66.4 Å². The predicted octanol–water partition coefficient (Wildman–Crippen LogP) is 4.11. The smallest absolute Gasteiger partial charge is 0.186 e. The normalized spacial score (nSPS) is 28.8. The van der Waals surface area contributed by atoms with E-state index < -0.39 is 57.1 Å². The van der Waals surface area contributed by atoms with Crippen LogP contribution in [0, 0.1) is 0 Å². The molecule has 0 aliphatic carbocycles. The minimum Gasteiger partial charge on any atom is -0.394 e. The molecule has 6 nitrogen and oxygen atoms in total. The Hall–Kier alpha value is -2.58. The van der Waals surface area contributed by atoms with Crippen LogP contribution in [-0.4, -0.2) is 49.5 Å². The lowest BCUT2D eigenvalue weighted by atomic mass is 9.98. The van der Waals surface area contributed by atoms with Gasteiger partial charge in [0.15, 0.2) is 6.29 Å². The van der Waals surface area contributed by atoms with Gasteiger partial charge in [0, 0.05) is 7.11 Å². The molecule has 6 heteroatoms. The van der Waals surface area contributed by atoms with E-state index in [1.165, 1.54) is 7.11 Å². The average molecular weight is 468 g/mol. The summed E-state index contributed by atoms with van der Waals surface area (Å²) in [4.78, 5) is 0. The van der Waals surface area contributed by atoms with Gasteiger partial charge < -0.3 is 28.8 Å². The molecular formula is C28H32O6. The molecule has 180 valence electrons. The molecule has 1 saturated heterocycles. The van der Waals surface area contributed by atoms with Crippen LogP contribution in [0.1, 0.15) is 20.8 Å². The summed E-state index contributed by atoms with van der Waals surface area (Å²) in [5.74, 6) is 0. The zero-order chi connectivity index (χ0) is 26.2. The van der Waals surface area contributed by atoms with Crippen LogP contribution < -0.4 is 0 Å². The Bertz CT molecular complexity index is 1000. The first-order valence-electron chi connectivity index (χ1n) is 12.9. The van der Waals surface area contributed by atoms with Crippen molar-refractivity contribution in [3.63, 3.8) is 0 Å². The summed E-state index contributed by atoms with van der Waals surface area (Å²) in [5.41, 5.74) is 1.83. The molecule has 1 aliphatic heterocycles. The van der Waals surface area contributed by atoms with E-state index in [-0.39, 0.29) is 0 Å². The molecule has 0 radical (unpaired) electrons. The summed E-state index contributed by atoms with van der Waals surface area (Å²) < 4.78 is 55.9. The standard InChI is InChI=1S/C28H32O6/c1-30-28-27(33-20-23-15-9-4-10-16-23)26(32-19-22-13-7-3-8-14-22)25(24(17-29)34-28)31-18-21-11-5-2-6-12-21/h2-16,24-29H,17-20H2,1H3/t24-,25-,26+,27+,28?/m1/s1/i18D,19D,20D/t18?,19?,20?,24-,25-,26+,27+,28?. The van der Waals surface area contributed by atoms with E-state index in [9.17, 15) is 5.11 Å². The van der Waals surface area contributed by atoms with Crippen LogP contribution in [0.4, 0.5) is 0 Å². The number of benzene rings is 3. The second-order valence-electron chi connectivity index (χ2n) is 7.85. The molecule has 1 fully saturated rings. The Morgan fingerprint density at radius 2 is 1.09 bits per heavy atom. The number of hydrogen-bond donors (Lipinski definition) is 1. The Morgan fingerprint density at radius 1 is 0.676 bits per heavy atom. The number of methoxy groups -OCH3 is 1. The van der Waals surface area contributed by atoms with Crippen molar-refractivity contribution in [1.82, 2.24) is 0 Å². The minimum absolute atomic E-state index is 0.435. The lowest BCUT2D eigenvalue weighted by Crippen LogP contribution is -2.61. The third-order valence-corrected chi connectivity index (χ3v) is 5.49. The van der Waals surface area contributed by atoms with Gasteiger partial charge in [-0.2, -0.15) is 0 Å². The highest BCUT2D eigenvalue weighted by molar-refractivity contribution is 5.15. The van der Waals surface area contributed by atoms with Crippen LogP contribution in [0.5, 0.6) is 0 Å². The van der Waals surface area contributed by atoms with Gasteiger partial charge in [0.2, 0.25) is 0 Å². The molecule has 4 rings (SSSR count). The van der Waals surface area contributed by atoms with E-state index in [0.717, 1.165) is 0 Å². The van der Waals surface area contributed by atoms with Crippen LogP contribution in [0.3, 0.4) is 0 Å². The first-order valence-corrected chi connectivity index (χ1v) is 11.2. The van der Waals surface area contributed by atoms with Crippen molar-refractivity contribution in [3.05, 3.63) is 108 Å². The van der Waals surface area contributed by atoms with Gasteiger partial charge in [0.1, 0.15) is 24.4 Å². The summed E-state index contributed by atoms with van der Waals surface area (Å²) in [6.45, 7) is -3.78. The van der Waals surface area contributed by atoms with Crippen molar-refractivity contribution in [1.29, 1.82) is 0 Å². The molecule has 34 heavy (non-hydrogen) atoms. The first kappa shape index (κ1) is 20.8. The zero-order valence-electron chi connectivity index (χ0n) is 22.0. The number of aliphatic hydroxyl groups excluding tert-OH is 1. The molecule has 1 heterocycles. The fraction of sp³-hybridized carbons (Fsp3) is 0.357. The second-order valence-corrected chi connectivity index (χ2v) is 7.85. The van der Waals surface area contributed by atoms with Gasteiger partial charge in [-0.3, -0.25) is 0 Å². The van der Waals surface area contributed by atoms with E-state index in [4.69, 9.17) is 27.8 Å². The minimum atomic E-state index is -1.12. The van der Waals surface area contributed by atoms with Gasteiger partial charge in [-0.05, 0) is 16.7 Å². The third-order valence-electron chi connectivity index (χ3n) is 5.49. The summed E-state index contributed by atoms with van der Waals surface area (Å²) in [7, 11) is 1.43. The SMILES string of the molecule is [2H]C(O[C@H]1[C@H](OC([2H])c2ccccc2)[C@@H](CO)OC(OC)[C@H]1OC([2H])c1ccccc1)c1ccccc1. The Morgan fingerprint density at radius 3 is 1.50 bits per heavy atom. The van der Waals surface area contributed by atoms with E-state index >= 15 is 0 Å². The van der Waals surface area contributed by atoms with Crippen LogP contribution in [0.15, 0.2) is 91.0 Å². The molecule has 0 aromatic heterocycles. The van der Waals surface area contributed by atoms with Gasteiger partial charge in [-0.15, -0.1) is 0 Å². The van der Waals surface area contributed by atoms with Crippen molar-refractivity contribution >= 4 is 0 Å². The maximum atomic E-state index is 10.2. The number of rotatable bonds is 11. The Kier molecular flexibility index (Phi) is 7.79. The fourth-order valence-electron chi connectivity index (χ4n) is 3.74. The van der Waals surface area contributed by atoms with Crippen LogP contribution in [0.2, 0.25) is 0 Å². The monoisotopic (exact) mass is 467 g/mol. The first-order chi connectivity index (χ1) is 18.0. The molecule has 0 spiro atoms. The lowest BCUT2D eigenvalue weighted by Gasteiger charge is -2.45. The fourth-order valence-corrected chi connectivity index (χ4v) is 3.74. The largest absolute Gasteiger partial charge is 0.394 e. The Labute approximate surface area is 205 Å². The highest BCUT2D eigenvalue weighted by Gasteiger charge is 2.48. The van der Waals surface area contributed by atoms with Crippen molar-refractivity contribution < 1.29 is 32.9 Å². The van der Waals surface area contributed by atoms with Gasteiger partial charge in [0.25, 0.3) is 0 Å². The predicted molar refractivity (Wildman–Crippen MR) is 128 cm³/mol. The van der Waals surface area contributed by atoms with Crippen molar-refractivity contribution in [2.24, 2.45) is 0 Å². The zero-order valence-corrected chi connectivity index (χ0v) is 19.0. The van der Waals surface area contributed by atoms with E-state index in [0.29, 0.717) is 16.7 Å². The quantitative estimate of drug-likeness (QED) is 0.458. The molecule has 0 bridgehead atoms. The highest BCUT2D eigenvalue weighted by Crippen LogP contribution is 2.30. The number of aliphatic hydroxyl groups is 1. The summed E-state index contributed by atoms with van der Waals surface area (Å²) in [6.07, 6.45) is -4.94. The second kappa shape index (κ2) is 12.8. The van der Waals surface area contributed by atoms with E-state index in [1.807, 2.05) is 54.6 Å². The van der Waals surface area contributed by atoms with Crippen molar-refractivity contribution in [3.8, 4) is 0 Å². The van der Waals surface area contributed by atoms with Gasteiger partial charge in [-0.25, -0.2) is 0 Å². The molecule has 0 saturated carbocycles. The lowest BCUT2D eigenvalue weighted by molar-refractivity contribution is -0.321. The summed E-state index contributed by atoms with van der Waals surface area (Å²) in [6, 6.07) is 27.0. The van der Waals surface area contributed by atoms with Crippen LogP contribution >= 0.6 is 0 Å². The Balaban J connectivity index is 1.67. The molecule has 8 atom stereocenters. The average Bonchev–Trinajstić information content (AvgIpc) is 2.95. The molecule has 3 aromatic rings. The molecule has 3 aromatic carbocycles. The molecule has 4 unspecified atom stereocenters. The summed E-state index contributed by atoms with van der Waals surface area (Å²) >= 11 is 0. The highest BCUT2D eigenvalue weighted by atomic mass is 16.7. The number of hydrogen-bond acceptors (Lipinski definition) is 6. The van der Waals surface area contributed by atoms with Gasteiger partial charge >= 0.3 is 0 Å². The van der Waals surface area contributed by atoms with Gasteiger partial charge in [-0.1, -0.05) is 91.0 Å². The molecule has 1 aliphatic rings. The van der Waals surface area contributed by atoms with E-state index in [2.05, 4.69) is 0 Å². The summed E-state index contributed by atoms with van der Waals surface area (Å²) in [5, 5.41) is 10.2. The molecular weight excluding hydrogens is 432 g/mol. The van der Waals surface area contributed by atoms with Crippen molar-refractivity contribution in [2.45, 2.75) is 50.5 Å². The maximum Gasteiger partial charge on any atom is 0.186 e.